The Hall–Kier alpha value is -1.78. The fraction of sp³-hybridized carbons (Fsp3) is 0.400. The highest BCUT2D eigenvalue weighted by molar-refractivity contribution is 5.32. The Balaban J connectivity index is 2.05. The molecule has 24 heavy (non-hydrogen) atoms. The second-order valence-electron chi connectivity index (χ2n) is 5.87. The summed E-state index contributed by atoms with van der Waals surface area (Å²) in [7, 11) is 0. The summed E-state index contributed by atoms with van der Waals surface area (Å²) in [6, 6.07) is 12.9. The molecule has 130 valence electrons. The van der Waals surface area contributed by atoms with Crippen LogP contribution in [0.15, 0.2) is 48.5 Å². The lowest BCUT2D eigenvalue weighted by molar-refractivity contribution is 0.297. The molecule has 0 radical (unpaired) electrons. The molecule has 0 aromatic heterocycles. The first-order valence-electron chi connectivity index (χ1n) is 8.60. The molecule has 2 nitrogen and oxygen atoms in total. The standard InChI is InChI=1S/C20H26F2N2/c1-3-24(4-2)15-5-14-23-20(16-6-10-18(21)11-7-16)17-8-12-19(22)13-9-17/h6-13,20,23H,3-5,14-15H2,1-2H3. The zero-order chi connectivity index (χ0) is 17.4. The maximum Gasteiger partial charge on any atom is 0.123 e. The molecule has 2 rings (SSSR count). The SMILES string of the molecule is CCN(CC)CCCNC(c1ccc(F)cc1)c1ccc(F)cc1. The molecule has 1 N–H and O–H groups in total. The molecule has 0 bridgehead atoms. The van der Waals surface area contributed by atoms with Gasteiger partial charge in [-0.15, -0.1) is 0 Å². The summed E-state index contributed by atoms with van der Waals surface area (Å²) >= 11 is 0. The van der Waals surface area contributed by atoms with Gasteiger partial charge in [0.1, 0.15) is 11.6 Å². The van der Waals surface area contributed by atoms with Gasteiger partial charge in [-0.25, -0.2) is 8.78 Å². The fourth-order valence-electron chi connectivity index (χ4n) is 2.83. The maximum atomic E-state index is 13.2. The number of hydrogen-bond donors (Lipinski definition) is 1. The van der Waals surface area contributed by atoms with E-state index in [0.29, 0.717) is 0 Å². The Bertz CT molecular complexity index is 547. The predicted molar refractivity (Wildman–Crippen MR) is 95.1 cm³/mol. The summed E-state index contributed by atoms with van der Waals surface area (Å²) in [6.45, 7) is 8.31. The zero-order valence-corrected chi connectivity index (χ0v) is 14.4. The maximum absolute atomic E-state index is 13.2. The predicted octanol–water partition coefficient (Wildman–Crippen LogP) is 4.38. The smallest absolute Gasteiger partial charge is 0.123 e. The topological polar surface area (TPSA) is 15.3 Å². The van der Waals surface area contributed by atoms with E-state index < -0.39 is 0 Å². The third-order valence-electron chi connectivity index (χ3n) is 4.30. The van der Waals surface area contributed by atoms with E-state index in [-0.39, 0.29) is 17.7 Å². The van der Waals surface area contributed by atoms with Gasteiger partial charge in [0.2, 0.25) is 0 Å². The average Bonchev–Trinajstić information content (AvgIpc) is 2.60. The minimum absolute atomic E-state index is 0.0668. The largest absolute Gasteiger partial charge is 0.306 e. The fourth-order valence-corrected chi connectivity index (χ4v) is 2.83. The number of nitrogens with one attached hydrogen (secondary N) is 1. The van der Waals surface area contributed by atoms with Crippen LogP contribution in [0.3, 0.4) is 0 Å². The highest BCUT2D eigenvalue weighted by Crippen LogP contribution is 2.22. The number of hydrogen-bond acceptors (Lipinski definition) is 2. The highest BCUT2D eigenvalue weighted by Gasteiger charge is 2.14. The van der Waals surface area contributed by atoms with Crippen molar-refractivity contribution in [2.24, 2.45) is 0 Å². The van der Waals surface area contributed by atoms with E-state index >= 15 is 0 Å². The number of halogens is 2. The molecule has 2 aromatic rings. The lowest BCUT2D eigenvalue weighted by Crippen LogP contribution is -2.29. The lowest BCUT2D eigenvalue weighted by atomic mass is 9.98. The summed E-state index contributed by atoms with van der Waals surface area (Å²) in [6.07, 6.45) is 1.03. The van der Waals surface area contributed by atoms with Crippen molar-refractivity contribution >= 4 is 0 Å². The molecule has 0 aliphatic carbocycles. The van der Waals surface area contributed by atoms with Gasteiger partial charge in [0, 0.05) is 0 Å². The van der Waals surface area contributed by atoms with Crippen LogP contribution in [0.1, 0.15) is 37.4 Å². The molecule has 0 unspecified atom stereocenters. The third kappa shape index (κ3) is 5.39. The van der Waals surface area contributed by atoms with Crippen LogP contribution < -0.4 is 5.32 Å². The monoisotopic (exact) mass is 332 g/mol. The minimum atomic E-state index is -0.252. The van der Waals surface area contributed by atoms with E-state index in [9.17, 15) is 8.78 Å². The number of benzene rings is 2. The molecule has 0 spiro atoms. The Morgan fingerprint density at radius 1 is 0.833 bits per heavy atom. The molecule has 0 aliphatic rings. The molecule has 0 fully saturated rings. The van der Waals surface area contributed by atoms with Gasteiger partial charge in [0.25, 0.3) is 0 Å². The third-order valence-corrected chi connectivity index (χ3v) is 4.30. The number of rotatable bonds is 9. The van der Waals surface area contributed by atoms with Gasteiger partial charge in [-0.1, -0.05) is 38.1 Å². The molecule has 0 atom stereocenters. The van der Waals surface area contributed by atoms with Gasteiger partial charge in [-0.2, -0.15) is 0 Å². The van der Waals surface area contributed by atoms with Crippen LogP contribution in [0.25, 0.3) is 0 Å². The van der Waals surface area contributed by atoms with Crippen LogP contribution in [0.4, 0.5) is 8.78 Å². The van der Waals surface area contributed by atoms with Crippen molar-refractivity contribution in [2.45, 2.75) is 26.3 Å². The van der Waals surface area contributed by atoms with E-state index in [1.807, 2.05) is 0 Å². The first-order valence-corrected chi connectivity index (χ1v) is 8.60. The summed E-state index contributed by atoms with van der Waals surface area (Å²) < 4.78 is 26.4. The van der Waals surface area contributed by atoms with Gasteiger partial charge < -0.3 is 10.2 Å². The molecule has 4 heteroatoms. The zero-order valence-electron chi connectivity index (χ0n) is 14.4. The van der Waals surface area contributed by atoms with Gasteiger partial charge in [-0.05, 0) is 68.0 Å². The van der Waals surface area contributed by atoms with Crippen molar-refractivity contribution in [1.82, 2.24) is 10.2 Å². The molecular formula is C20H26F2N2. The van der Waals surface area contributed by atoms with Gasteiger partial charge in [0.05, 0.1) is 6.04 Å². The van der Waals surface area contributed by atoms with Crippen LogP contribution in [0, 0.1) is 11.6 Å². The Morgan fingerprint density at radius 3 is 1.71 bits per heavy atom. The van der Waals surface area contributed by atoms with E-state index in [4.69, 9.17) is 0 Å². The van der Waals surface area contributed by atoms with Crippen molar-refractivity contribution in [1.29, 1.82) is 0 Å². The second-order valence-corrected chi connectivity index (χ2v) is 5.87. The Labute approximate surface area is 143 Å². The molecule has 2 aromatic carbocycles. The molecule has 0 saturated carbocycles. The van der Waals surface area contributed by atoms with Crippen LogP contribution in [-0.2, 0) is 0 Å². The van der Waals surface area contributed by atoms with E-state index in [1.165, 1.54) is 24.3 Å². The van der Waals surface area contributed by atoms with E-state index in [1.54, 1.807) is 24.3 Å². The summed E-state index contributed by atoms with van der Waals surface area (Å²) in [5, 5.41) is 3.52. The lowest BCUT2D eigenvalue weighted by Gasteiger charge is -2.22. The average molecular weight is 332 g/mol. The Kier molecular flexibility index (Phi) is 7.35. The minimum Gasteiger partial charge on any atom is -0.306 e. The highest BCUT2D eigenvalue weighted by atomic mass is 19.1. The van der Waals surface area contributed by atoms with Crippen molar-refractivity contribution in [3.8, 4) is 0 Å². The summed E-state index contributed by atoms with van der Waals surface area (Å²) in [5.41, 5.74) is 1.96. The van der Waals surface area contributed by atoms with Gasteiger partial charge >= 0.3 is 0 Å². The first kappa shape index (κ1) is 18.6. The summed E-state index contributed by atoms with van der Waals surface area (Å²) in [4.78, 5) is 2.38. The molecule has 0 amide bonds. The second kappa shape index (κ2) is 9.50. The van der Waals surface area contributed by atoms with Crippen LogP contribution in [0.5, 0.6) is 0 Å². The van der Waals surface area contributed by atoms with Crippen LogP contribution >= 0.6 is 0 Å². The summed E-state index contributed by atoms with van der Waals surface area (Å²) in [5.74, 6) is -0.503. The van der Waals surface area contributed by atoms with E-state index in [0.717, 1.165) is 43.7 Å². The van der Waals surface area contributed by atoms with Crippen molar-refractivity contribution in [3.05, 3.63) is 71.3 Å². The first-order chi connectivity index (χ1) is 11.6. The molecule has 0 heterocycles. The van der Waals surface area contributed by atoms with Gasteiger partial charge in [-0.3, -0.25) is 0 Å². The van der Waals surface area contributed by atoms with E-state index in [2.05, 4.69) is 24.1 Å². The van der Waals surface area contributed by atoms with Gasteiger partial charge in [0.15, 0.2) is 0 Å². The quantitative estimate of drug-likeness (QED) is 0.686. The van der Waals surface area contributed by atoms with Crippen molar-refractivity contribution in [3.63, 3.8) is 0 Å². The van der Waals surface area contributed by atoms with Crippen LogP contribution in [-0.4, -0.2) is 31.1 Å². The van der Waals surface area contributed by atoms with Crippen molar-refractivity contribution in [2.75, 3.05) is 26.2 Å². The molecule has 0 saturated heterocycles. The Morgan fingerprint density at radius 2 is 1.29 bits per heavy atom. The number of nitrogens with zero attached hydrogens (tertiary/aromatic N) is 1. The molecule has 0 aliphatic heterocycles. The normalized spacial score (nSPS) is 11.4. The van der Waals surface area contributed by atoms with Crippen LogP contribution in [0.2, 0.25) is 0 Å². The molecular weight excluding hydrogens is 306 g/mol. The van der Waals surface area contributed by atoms with Crippen molar-refractivity contribution < 1.29 is 8.78 Å².